The van der Waals surface area contributed by atoms with E-state index in [0.717, 1.165) is 16.8 Å². The highest BCUT2D eigenvalue weighted by Crippen LogP contribution is 2.16. The molecule has 3 amide bonds. The van der Waals surface area contributed by atoms with Gasteiger partial charge in [0.2, 0.25) is 5.91 Å². The van der Waals surface area contributed by atoms with E-state index >= 15 is 0 Å². The predicted molar refractivity (Wildman–Crippen MR) is 111 cm³/mol. The van der Waals surface area contributed by atoms with Gasteiger partial charge in [-0.05, 0) is 56.7 Å². The summed E-state index contributed by atoms with van der Waals surface area (Å²) in [6.07, 6.45) is 0. The van der Waals surface area contributed by atoms with Crippen LogP contribution in [0.25, 0.3) is 5.69 Å². The average molecular weight is 406 g/mol. The van der Waals surface area contributed by atoms with Crippen LogP contribution in [0.4, 0.5) is 5.69 Å². The Morgan fingerprint density at radius 3 is 2.30 bits per heavy atom. The van der Waals surface area contributed by atoms with Gasteiger partial charge < -0.3 is 16.4 Å². The van der Waals surface area contributed by atoms with Gasteiger partial charge in [-0.15, -0.1) is 5.10 Å². The number of nitrogens with one attached hydrogen (secondary N) is 2. The van der Waals surface area contributed by atoms with Crippen molar-refractivity contribution < 1.29 is 14.4 Å². The molecule has 2 aromatic carbocycles. The van der Waals surface area contributed by atoms with Crippen LogP contribution < -0.4 is 16.4 Å². The Labute approximate surface area is 173 Å². The van der Waals surface area contributed by atoms with Gasteiger partial charge in [0.1, 0.15) is 0 Å². The number of hydrogen-bond donors (Lipinski definition) is 3. The van der Waals surface area contributed by atoms with Gasteiger partial charge in [-0.1, -0.05) is 17.7 Å². The van der Waals surface area contributed by atoms with E-state index in [1.165, 1.54) is 16.9 Å². The Kier molecular flexibility index (Phi) is 5.91. The van der Waals surface area contributed by atoms with Crippen molar-refractivity contribution in [2.45, 2.75) is 20.8 Å². The fourth-order valence-corrected chi connectivity index (χ4v) is 2.89. The summed E-state index contributed by atoms with van der Waals surface area (Å²) in [5.41, 5.74) is 9.47. The smallest absolute Gasteiger partial charge is 0.278 e. The zero-order valence-electron chi connectivity index (χ0n) is 16.9. The minimum atomic E-state index is -0.628. The zero-order chi connectivity index (χ0) is 21.8. The minimum absolute atomic E-state index is 0.207. The lowest BCUT2D eigenvalue weighted by Gasteiger charge is -2.06. The molecular weight excluding hydrogens is 384 g/mol. The van der Waals surface area contributed by atoms with E-state index in [4.69, 9.17) is 5.73 Å². The number of nitrogens with two attached hydrogens (primary N) is 1. The number of benzene rings is 2. The number of hydrogen-bond acceptors (Lipinski definition) is 5. The molecule has 3 rings (SSSR count). The van der Waals surface area contributed by atoms with Crippen molar-refractivity contribution in [3.8, 4) is 5.69 Å². The lowest BCUT2D eigenvalue weighted by atomic mass is 10.1. The van der Waals surface area contributed by atoms with E-state index in [1.54, 1.807) is 19.1 Å². The Bertz CT molecular complexity index is 1120. The Morgan fingerprint density at radius 1 is 0.967 bits per heavy atom. The molecule has 154 valence electrons. The highest BCUT2D eigenvalue weighted by Gasteiger charge is 2.17. The van der Waals surface area contributed by atoms with Crippen molar-refractivity contribution in [1.29, 1.82) is 0 Å². The maximum absolute atomic E-state index is 12.7. The summed E-state index contributed by atoms with van der Waals surface area (Å²) in [6.45, 7) is 5.44. The molecule has 0 saturated carbocycles. The largest absolute Gasteiger partial charge is 0.368 e. The minimum Gasteiger partial charge on any atom is -0.368 e. The summed E-state index contributed by atoms with van der Waals surface area (Å²) in [6, 6.07) is 12.1. The summed E-state index contributed by atoms with van der Waals surface area (Å²) >= 11 is 0. The lowest BCUT2D eigenvalue weighted by molar-refractivity contribution is -0.117. The van der Waals surface area contributed by atoms with Crippen molar-refractivity contribution >= 4 is 23.4 Å². The van der Waals surface area contributed by atoms with Crippen molar-refractivity contribution in [1.82, 2.24) is 20.3 Å². The SMILES string of the molecule is Cc1ccc(-n2nc(C)c(C(=O)Nc3ccc(C(=O)NCC(N)=O)cc3)n2)c(C)c1. The van der Waals surface area contributed by atoms with Crippen LogP contribution in [0.2, 0.25) is 0 Å². The summed E-state index contributed by atoms with van der Waals surface area (Å²) in [5, 5.41) is 13.8. The van der Waals surface area contributed by atoms with Crippen molar-refractivity contribution in [2.75, 3.05) is 11.9 Å². The van der Waals surface area contributed by atoms with Crippen LogP contribution in [-0.4, -0.2) is 39.3 Å². The normalized spacial score (nSPS) is 10.5. The molecule has 0 aliphatic heterocycles. The quantitative estimate of drug-likeness (QED) is 0.573. The number of anilines is 1. The Hall–Kier alpha value is -4.01. The van der Waals surface area contributed by atoms with Gasteiger partial charge in [0.05, 0.1) is 17.9 Å². The summed E-state index contributed by atoms with van der Waals surface area (Å²) in [7, 11) is 0. The second-order valence-electron chi connectivity index (χ2n) is 6.89. The molecule has 1 heterocycles. The molecule has 0 unspecified atom stereocenters. The molecule has 30 heavy (non-hydrogen) atoms. The number of aryl methyl sites for hydroxylation is 3. The third-order valence-electron chi connectivity index (χ3n) is 4.39. The van der Waals surface area contributed by atoms with E-state index in [0.29, 0.717) is 16.9 Å². The second kappa shape index (κ2) is 8.56. The van der Waals surface area contributed by atoms with Crippen LogP contribution in [-0.2, 0) is 4.79 Å². The van der Waals surface area contributed by atoms with Gasteiger partial charge in [0.15, 0.2) is 5.69 Å². The molecule has 0 fully saturated rings. The van der Waals surface area contributed by atoms with Gasteiger partial charge in [0, 0.05) is 11.3 Å². The van der Waals surface area contributed by atoms with Crippen LogP contribution in [0, 0.1) is 20.8 Å². The first-order chi connectivity index (χ1) is 14.2. The lowest BCUT2D eigenvalue weighted by Crippen LogP contribution is -2.33. The van der Waals surface area contributed by atoms with E-state index in [9.17, 15) is 14.4 Å². The van der Waals surface area contributed by atoms with E-state index in [1.807, 2.05) is 32.0 Å². The fraction of sp³-hybridized carbons (Fsp3) is 0.190. The fourth-order valence-electron chi connectivity index (χ4n) is 2.89. The van der Waals surface area contributed by atoms with Gasteiger partial charge in [-0.3, -0.25) is 14.4 Å². The first-order valence-corrected chi connectivity index (χ1v) is 9.24. The molecule has 0 spiro atoms. The molecule has 9 nitrogen and oxygen atoms in total. The molecule has 3 aromatic rings. The van der Waals surface area contributed by atoms with Gasteiger partial charge in [-0.2, -0.15) is 9.90 Å². The number of primary amides is 1. The van der Waals surface area contributed by atoms with Crippen LogP contribution >= 0.6 is 0 Å². The number of rotatable bonds is 6. The van der Waals surface area contributed by atoms with Crippen LogP contribution in [0.3, 0.4) is 0 Å². The zero-order valence-corrected chi connectivity index (χ0v) is 16.9. The standard InChI is InChI=1S/C21H22N6O3/c1-12-4-9-17(13(2)10-12)27-25-14(3)19(26-27)21(30)24-16-7-5-15(6-8-16)20(29)23-11-18(22)28/h4-10H,11H2,1-3H3,(H2,22,28)(H,23,29)(H,24,30). The Morgan fingerprint density at radius 2 is 1.67 bits per heavy atom. The molecule has 4 N–H and O–H groups in total. The number of amides is 3. The predicted octanol–water partition coefficient (Wildman–Crippen LogP) is 1.66. The van der Waals surface area contributed by atoms with E-state index in [2.05, 4.69) is 20.8 Å². The third-order valence-corrected chi connectivity index (χ3v) is 4.39. The highest BCUT2D eigenvalue weighted by molar-refractivity contribution is 6.04. The summed E-state index contributed by atoms with van der Waals surface area (Å²) in [5.74, 6) is -1.47. The molecule has 0 aliphatic carbocycles. The summed E-state index contributed by atoms with van der Waals surface area (Å²) in [4.78, 5) is 36.8. The van der Waals surface area contributed by atoms with Gasteiger partial charge in [-0.25, -0.2) is 0 Å². The molecule has 0 saturated heterocycles. The highest BCUT2D eigenvalue weighted by atomic mass is 16.2. The Balaban J connectivity index is 1.72. The van der Waals surface area contributed by atoms with Crippen LogP contribution in [0.15, 0.2) is 42.5 Å². The van der Waals surface area contributed by atoms with Crippen LogP contribution in [0.5, 0.6) is 0 Å². The third kappa shape index (κ3) is 4.69. The molecule has 0 radical (unpaired) electrons. The number of carbonyl (C=O) groups excluding carboxylic acids is 3. The van der Waals surface area contributed by atoms with Gasteiger partial charge in [0.25, 0.3) is 11.8 Å². The average Bonchev–Trinajstić information content (AvgIpc) is 3.08. The molecule has 0 atom stereocenters. The first kappa shape index (κ1) is 20.7. The van der Waals surface area contributed by atoms with E-state index in [-0.39, 0.29) is 12.2 Å². The topological polar surface area (TPSA) is 132 Å². The molecule has 0 bridgehead atoms. The van der Waals surface area contributed by atoms with E-state index < -0.39 is 17.7 Å². The second-order valence-corrected chi connectivity index (χ2v) is 6.89. The molecule has 9 heteroatoms. The molecular formula is C21H22N6O3. The van der Waals surface area contributed by atoms with Crippen molar-refractivity contribution in [3.63, 3.8) is 0 Å². The maximum Gasteiger partial charge on any atom is 0.278 e. The van der Waals surface area contributed by atoms with Gasteiger partial charge >= 0.3 is 0 Å². The number of nitrogens with zero attached hydrogens (tertiary/aromatic N) is 3. The summed E-state index contributed by atoms with van der Waals surface area (Å²) < 4.78 is 0. The first-order valence-electron chi connectivity index (χ1n) is 9.24. The van der Waals surface area contributed by atoms with Crippen molar-refractivity contribution in [2.24, 2.45) is 5.73 Å². The molecule has 0 aliphatic rings. The number of carbonyl (C=O) groups is 3. The monoisotopic (exact) mass is 406 g/mol. The van der Waals surface area contributed by atoms with Crippen LogP contribution in [0.1, 0.15) is 37.7 Å². The van der Waals surface area contributed by atoms with Crippen molar-refractivity contribution in [3.05, 3.63) is 70.5 Å². The molecule has 1 aromatic heterocycles. The number of aromatic nitrogens is 3. The maximum atomic E-state index is 12.7.